The van der Waals surface area contributed by atoms with Crippen LogP contribution in [0, 0.1) is 5.82 Å². The van der Waals surface area contributed by atoms with E-state index < -0.39 is 0 Å². The highest BCUT2D eigenvalue weighted by Gasteiger charge is 2.28. The quantitative estimate of drug-likeness (QED) is 0.627. The molecule has 0 N–H and O–H groups in total. The summed E-state index contributed by atoms with van der Waals surface area (Å²) in [5.74, 6) is 0.0432. The molecule has 3 rings (SSSR count). The Morgan fingerprint density at radius 2 is 1.72 bits per heavy atom. The topological polar surface area (TPSA) is 62.3 Å². The number of hydrogen-bond donors (Lipinski definition) is 0. The predicted octanol–water partition coefficient (Wildman–Crippen LogP) is 2.38. The van der Waals surface area contributed by atoms with Gasteiger partial charge in [0.05, 0.1) is 19.8 Å². The van der Waals surface area contributed by atoms with Gasteiger partial charge in [-0.25, -0.2) is 4.39 Å². The molecule has 0 saturated carbocycles. The van der Waals surface area contributed by atoms with E-state index >= 15 is 0 Å². The first kappa shape index (κ1) is 23.7. The minimum Gasteiger partial charge on any atom is -0.497 e. The molecule has 0 bridgehead atoms. The number of halogens is 1. The SMILES string of the molecule is COc1ccc(C(=O)N(CCN(C)C)CC2CN(C(=O)c3ccc(F)cc3)CCO2)cc1. The summed E-state index contributed by atoms with van der Waals surface area (Å²) in [4.78, 5) is 31.5. The number of hydrogen-bond acceptors (Lipinski definition) is 5. The number of amides is 2. The second-order valence-electron chi connectivity index (χ2n) is 8.03. The fourth-order valence-corrected chi connectivity index (χ4v) is 3.55. The number of rotatable bonds is 8. The summed E-state index contributed by atoms with van der Waals surface area (Å²) in [5, 5.41) is 0. The van der Waals surface area contributed by atoms with E-state index in [1.54, 1.807) is 41.2 Å². The summed E-state index contributed by atoms with van der Waals surface area (Å²) in [6.45, 7) is 2.81. The molecule has 2 aromatic rings. The minimum absolute atomic E-state index is 0.0971. The third kappa shape index (κ3) is 6.27. The number of carbonyl (C=O) groups is 2. The van der Waals surface area contributed by atoms with E-state index in [-0.39, 0.29) is 23.7 Å². The summed E-state index contributed by atoms with van der Waals surface area (Å²) in [7, 11) is 5.49. The van der Waals surface area contributed by atoms with Gasteiger partial charge < -0.3 is 24.2 Å². The monoisotopic (exact) mass is 443 g/mol. The zero-order valence-electron chi connectivity index (χ0n) is 18.8. The normalized spacial score (nSPS) is 16.2. The van der Waals surface area contributed by atoms with Gasteiger partial charge in [-0.05, 0) is 62.6 Å². The second kappa shape index (κ2) is 11.1. The Balaban J connectivity index is 1.69. The van der Waals surface area contributed by atoms with Gasteiger partial charge in [0.25, 0.3) is 11.8 Å². The van der Waals surface area contributed by atoms with E-state index in [1.165, 1.54) is 24.3 Å². The van der Waals surface area contributed by atoms with Crippen molar-refractivity contribution in [3.8, 4) is 5.75 Å². The van der Waals surface area contributed by atoms with Gasteiger partial charge in [-0.15, -0.1) is 0 Å². The summed E-state index contributed by atoms with van der Waals surface area (Å²) in [6.07, 6.45) is -0.308. The minimum atomic E-state index is -0.380. The maximum absolute atomic E-state index is 13.2. The van der Waals surface area contributed by atoms with E-state index in [4.69, 9.17) is 9.47 Å². The largest absolute Gasteiger partial charge is 0.497 e. The third-order valence-electron chi connectivity index (χ3n) is 5.38. The van der Waals surface area contributed by atoms with Crippen LogP contribution in [-0.2, 0) is 4.74 Å². The maximum Gasteiger partial charge on any atom is 0.254 e. The molecule has 1 aliphatic heterocycles. The number of carbonyl (C=O) groups excluding carboxylic acids is 2. The molecule has 2 amide bonds. The Bertz CT molecular complexity index is 902. The Labute approximate surface area is 188 Å². The lowest BCUT2D eigenvalue weighted by Crippen LogP contribution is -2.51. The van der Waals surface area contributed by atoms with Crippen LogP contribution in [0.25, 0.3) is 0 Å². The average Bonchev–Trinajstić information content (AvgIpc) is 2.81. The molecule has 0 aliphatic carbocycles. The highest BCUT2D eigenvalue weighted by atomic mass is 19.1. The first-order valence-corrected chi connectivity index (χ1v) is 10.6. The molecular formula is C24H30FN3O4. The number of benzene rings is 2. The lowest BCUT2D eigenvalue weighted by molar-refractivity contribution is -0.0334. The first-order chi connectivity index (χ1) is 15.4. The summed E-state index contributed by atoms with van der Waals surface area (Å²) < 4.78 is 24.3. The second-order valence-corrected chi connectivity index (χ2v) is 8.03. The molecular weight excluding hydrogens is 413 g/mol. The lowest BCUT2D eigenvalue weighted by Gasteiger charge is -2.36. The van der Waals surface area contributed by atoms with E-state index in [0.29, 0.717) is 56.2 Å². The van der Waals surface area contributed by atoms with Crippen LogP contribution in [0.5, 0.6) is 5.75 Å². The van der Waals surface area contributed by atoms with Gasteiger partial charge in [0.1, 0.15) is 11.6 Å². The van der Waals surface area contributed by atoms with E-state index in [1.807, 2.05) is 19.0 Å². The Morgan fingerprint density at radius 1 is 1.06 bits per heavy atom. The Hall–Kier alpha value is -2.97. The van der Waals surface area contributed by atoms with Gasteiger partial charge in [0.2, 0.25) is 0 Å². The van der Waals surface area contributed by atoms with Crippen molar-refractivity contribution < 1.29 is 23.5 Å². The molecule has 7 nitrogen and oxygen atoms in total. The third-order valence-corrected chi connectivity index (χ3v) is 5.38. The number of nitrogens with zero attached hydrogens (tertiary/aromatic N) is 3. The van der Waals surface area contributed by atoms with Crippen LogP contribution in [-0.4, -0.2) is 93.2 Å². The first-order valence-electron chi connectivity index (χ1n) is 10.6. The predicted molar refractivity (Wildman–Crippen MR) is 119 cm³/mol. The van der Waals surface area contributed by atoms with E-state index in [2.05, 4.69) is 0 Å². The van der Waals surface area contributed by atoms with Crippen LogP contribution in [0.4, 0.5) is 4.39 Å². The van der Waals surface area contributed by atoms with Crippen LogP contribution in [0.2, 0.25) is 0 Å². The molecule has 0 aromatic heterocycles. The van der Waals surface area contributed by atoms with Crippen LogP contribution in [0.3, 0.4) is 0 Å². The molecule has 1 fully saturated rings. The molecule has 8 heteroatoms. The van der Waals surface area contributed by atoms with Crippen molar-refractivity contribution in [1.82, 2.24) is 14.7 Å². The van der Waals surface area contributed by atoms with Gasteiger partial charge in [0, 0.05) is 43.9 Å². The van der Waals surface area contributed by atoms with Crippen molar-refractivity contribution in [2.75, 3.05) is 60.5 Å². The summed E-state index contributed by atoms with van der Waals surface area (Å²) in [6, 6.07) is 12.5. The molecule has 1 heterocycles. The molecule has 1 aliphatic rings. The molecule has 1 unspecified atom stereocenters. The van der Waals surface area contributed by atoms with Crippen LogP contribution < -0.4 is 4.74 Å². The zero-order chi connectivity index (χ0) is 23.1. The summed E-state index contributed by atoms with van der Waals surface area (Å²) in [5.41, 5.74) is 1.01. The van der Waals surface area contributed by atoms with Crippen molar-refractivity contribution in [2.24, 2.45) is 0 Å². The van der Waals surface area contributed by atoms with Crippen molar-refractivity contribution in [3.63, 3.8) is 0 Å². The smallest absolute Gasteiger partial charge is 0.254 e. The van der Waals surface area contributed by atoms with Crippen molar-refractivity contribution in [3.05, 3.63) is 65.5 Å². The molecule has 0 spiro atoms. The van der Waals surface area contributed by atoms with Gasteiger partial charge in [-0.2, -0.15) is 0 Å². The molecule has 0 radical (unpaired) electrons. The fraction of sp³-hybridized carbons (Fsp3) is 0.417. The average molecular weight is 444 g/mol. The Morgan fingerprint density at radius 3 is 2.34 bits per heavy atom. The van der Waals surface area contributed by atoms with E-state index in [9.17, 15) is 14.0 Å². The van der Waals surface area contributed by atoms with Gasteiger partial charge in [0.15, 0.2) is 0 Å². The number of morpholine rings is 1. The van der Waals surface area contributed by atoms with Crippen molar-refractivity contribution >= 4 is 11.8 Å². The Kier molecular flexibility index (Phi) is 8.19. The fourth-order valence-electron chi connectivity index (χ4n) is 3.55. The number of ether oxygens (including phenoxy) is 2. The van der Waals surface area contributed by atoms with Gasteiger partial charge in [-0.1, -0.05) is 0 Å². The van der Waals surface area contributed by atoms with Gasteiger partial charge >= 0.3 is 0 Å². The van der Waals surface area contributed by atoms with Crippen LogP contribution in [0.1, 0.15) is 20.7 Å². The van der Waals surface area contributed by atoms with Crippen LogP contribution in [0.15, 0.2) is 48.5 Å². The number of likely N-dealkylation sites (N-methyl/N-ethyl adjacent to an activating group) is 1. The standard InChI is InChI=1S/C24H30FN3O4/c1-26(2)12-13-27(23(29)19-6-10-21(31-3)11-7-19)16-22-17-28(14-15-32-22)24(30)18-4-8-20(25)9-5-18/h4-11,22H,12-17H2,1-3H3. The molecule has 2 aromatic carbocycles. The van der Waals surface area contributed by atoms with Gasteiger partial charge in [-0.3, -0.25) is 9.59 Å². The van der Waals surface area contributed by atoms with E-state index in [0.717, 1.165) is 0 Å². The van der Waals surface area contributed by atoms with Crippen molar-refractivity contribution in [2.45, 2.75) is 6.10 Å². The van der Waals surface area contributed by atoms with Crippen molar-refractivity contribution in [1.29, 1.82) is 0 Å². The molecule has 1 saturated heterocycles. The summed E-state index contributed by atoms with van der Waals surface area (Å²) >= 11 is 0. The molecule has 32 heavy (non-hydrogen) atoms. The highest BCUT2D eigenvalue weighted by Crippen LogP contribution is 2.16. The zero-order valence-corrected chi connectivity index (χ0v) is 18.8. The molecule has 1 atom stereocenters. The maximum atomic E-state index is 13.2. The lowest BCUT2D eigenvalue weighted by atomic mass is 10.1. The molecule has 172 valence electrons. The highest BCUT2D eigenvalue weighted by molar-refractivity contribution is 5.95. The number of methoxy groups -OCH3 is 1. The van der Waals surface area contributed by atoms with Crippen LogP contribution >= 0.6 is 0 Å².